The van der Waals surface area contributed by atoms with Crippen LogP contribution >= 0.6 is 0 Å². The zero-order valence-corrected chi connectivity index (χ0v) is 23.2. The van der Waals surface area contributed by atoms with Crippen LogP contribution in [0.25, 0.3) is 88.2 Å². The summed E-state index contributed by atoms with van der Waals surface area (Å²) in [5, 5.41) is 9.60. The molecule has 0 bridgehead atoms. The van der Waals surface area contributed by atoms with Gasteiger partial charge in [-0.15, -0.1) is 0 Å². The van der Waals surface area contributed by atoms with Crippen molar-refractivity contribution in [3.8, 4) is 33.9 Å². The summed E-state index contributed by atoms with van der Waals surface area (Å²) in [6.07, 6.45) is 0. The molecule has 9 rings (SSSR count). The van der Waals surface area contributed by atoms with E-state index in [0.717, 1.165) is 50.0 Å². The first kappa shape index (κ1) is 23.9. The highest BCUT2D eigenvalue weighted by atomic mass is 16.3. The maximum atomic E-state index is 6.31. The van der Waals surface area contributed by atoms with Crippen LogP contribution < -0.4 is 0 Å². The Morgan fingerprint density at radius 3 is 1.70 bits per heavy atom. The number of nitrogens with zero attached hydrogens (tertiary/aromatic N) is 2. The highest BCUT2D eigenvalue weighted by Crippen LogP contribution is 2.43. The maximum Gasteiger partial charge on any atom is 0.160 e. The van der Waals surface area contributed by atoms with Crippen LogP contribution in [0, 0.1) is 0 Å². The van der Waals surface area contributed by atoms with Gasteiger partial charge in [0.2, 0.25) is 0 Å². The van der Waals surface area contributed by atoms with Crippen LogP contribution in [0.1, 0.15) is 0 Å². The first-order valence-corrected chi connectivity index (χ1v) is 14.5. The lowest BCUT2D eigenvalue weighted by Gasteiger charge is -2.14. The molecule has 0 atom stereocenters. The number of rotatable bonds is 3. The standard InChI is InChI=1S/C40H24N2O/c1-3-11-25(12-4-1)34-24-35(42-40(41-34)26-13-5-2-6-14-26)27-19-20-31-33(23-27)29-16-8-7-15-28(29)30-21-22-37-39(38(30)31)32-17-9-10-18-36(32)43-37/h1-24H. The minimum atomic E-state index is 0.715. The molecule has 3 nitrogen and oxygen atoms in total. The average molecular weight is 549 g/mol. The summed E-state index contributed by atoms with van der Waals surface area (Å²) in [5.74, 6) is 0.715. The molecule has 2 heterocycles. The Hall–Kier alpha value is -5.80. The van der Waals surface area contributed by atoms with Crippen molar-refractivity contribution in [1.29, 1.82) is 0 Å². The maximum absolute atomic E-state index is 6.31. The van der Waals surface area contributed by atoms with Crippen LogP contribution in [0.15, 0.2) is 150 Å². The predicted molar refractivity (Wildman–Crippen MR) is 178 cm³/mol. The molecule has 0 fully saturated rings. The highest BCUT2D eigenvalue weighted by Gasteiger charge is 2.17. The SMILES string of the molecule is c1ccc(-c2cc(-c3ccc4c(c3)c3ccccc3c3ccc5oc6ccccc6c5c34)nc(-c3ccccc3)n2)cc1. The van der Waals surface area contributed by atoms with Crippen molar-refractivity contribution in [3.63, 3.8) is 0 Å². The van der Waals surface area contributed by atoms with E-state index in [-0.39, 0.29) is 0 Å². The number of furan rings is 1. The molecule has 200 valence electrons. The topological polar surface area (TPSA) is 38.9 Å². The molecule has 0 saturated heterocycles. The monoisotopic (exact) mass is 548 g/mol. The van der Waals surface area contributed by atoms with Crippen LogP contribution in [0.5, 0.6) is 0 Å². The first-order valence-electron chi connectivity index (χ1n) is 14.5. The van der Waals surface area contributed by atoms with Gasteiger partial charge in [0.25, 0.3) is 0 Å². The first-order chi connectivity index (χ1) is 21.3. The molecule has 0 radical (unpaired) electrons. The van der Waals surface area contributed by atoms with Crippen molar-refractivity contribution in [1.82, 2.24) is 9.97 Å². The molecular formula is C40H24N2O. The van der Waals surface area contributed by atoms with E-state index < -0.39 is 0 Å². The number of aromatic nitrogens is 2. The molecule has 0 unspecified atom stereocenters. The molecule has 0 saturated carbocycles. The van der Waals surface area contributed by atoms with Crippen molar-refractivity contribution in [2.24, 2.45) is 0 Å². The van der Waals surface area contributed by atoms with E-state index in [4.69, 9.17) is 14.4 Å². The van der Waals surface area contributed by atoms with E-state index in [1.165, 1.54) is 32.3 Å². The number of fused-ring (bicyclic) bond motifs is 10. The molecule has 7 aromatic carbocycles. The fourth-order valence-corrected chi connectivity index (χ4v) is 6.49. The Morgan fingerprint density at radius 1 is 0.349 bits per heavy atom. The molecule has 9 aromatic rings. The molecule has 0 aliphatic heterocycles. The molecule has 0 amide bonds. The van der Waals surface area contributed by atoms with Gasteiger partial charge in [-0.05, 0) is 57.3 Å². The Balaban J connectivity index is 1.36. The number of hydrogen-bond donors (Lipinski definition) is 0. The van der Waals surface area contributed by atoms with E-state index in [0.29, 0.717) is 5.82 Å². The van der Waals surface area contributed by atoms with Gasteiger partial charge in [0, 0.05) is 32.8 Å². The molecule has 0 aliphatic carbocycles. The van der Waals surface area contributed by atoms with Crippen molar-refractivity contribution < 1.29 is 4.42 Å². The third-order valence-corrected chi connectivity index (χ3v) is 8.46. The van der Waals surface area contributed by atoms with Crippen LogP contribution in [-0.2, 0) is 0 Å². The Bertz CT molecular complexity index is 2440. The van der Waals surface area contributed by atoms with Crippen LogP contribution in [0.3, 0.4) is 0 Å². The summed E-state index contributed by atoms with van der Waals surface area (Å²) >= 11 is 0. The fourth-order valence-electron chi connectivity index (χ4n) is 6.49. The van der Waals surface area contributed by atoms with Crippen LogP contribution in [0.2, 0.25) is 0 Å². The largest absolute Gasteiger partial charge is 0.456 e. The normalized spacial score (nSPS) is 11.7. The van der Waals surface area contributed by atoms with Crippen LogP contribution in [-0.4, -0.2) is 9.97 Å². The summed E-state index contributed by atoms with van der Waals surface area (Å²) in [7, 11) is 0. The molecule has 2 aromatic heterocycles. The third-order valence-electron chi connectivity index (χ3n) is 8.46. The highest BCUT2D eigenvalue weighted by molar-refractivity contribution is 6.34. The van der Waals surface area contributed by atoms with Gasteiger partial charge in [-0.25, -0.2) is 9.97 Å². The van der Waals surface area contributed by atoms with E-state index in [1.54, 1.807) is 0 Å². The van der Waals surface area contributed by atoms with E-state index >= 15 is 0 Å². The zero-order chi connectivity index (χ0) is 28.3. The van der Waals surface area contributed by atoms with Gasteiger partial charge in [-0.2, -0.15) is 0 Å². The summed E-state index contributed by atoms with van der Waals surface area (Å²) < 4.78 is 6.31. The molecule has 0 aliphatic rings. The van der Waals surface area contributed by atoms with Gasteiger partial charge >= 0.3 is 0 Å². The van der Waals surface area contributed by atoms with Gasteiger partial charge in [-0.3, -0.25) is 0 Å². The van der Waals surface area contributed by atoms with Crippen molar-refractivity contribution >= 4 is 54.3 Å². The molecule has 43 heavy (non-hydrogen) atoms. The smallest absolute Gasteiger partial charge is 0.160 e. The summed E-state index contributed by atoms with van der Waals surface area (Å²) in [5.41, 5.74) is 6.72. The third kappa shape index (κ3) is 3.75. The Morgan fingerprint density at radius 2 is 0.930 bits per heavy atom. The fraction of sp³-hybridized carbons (Fsp3) is 0. The second-order valence-corrected chi connectivity index (χ2v) is 11.0. The van der Waals surface area contributed by atoms with Crippen LogP contribution in [0.4, 0.5) is 0 Å². The predicted octanol–water partition coefficient (Wildman–Crippen LogP) is 10.8. The summed E-state index contributed by atoms with van der Waals surface area (Å²) in [6.45, 7) is 0. The summed E-state index contributed by atoms with van der Waals surface area (Å²) in [4.78, 5) is 10.1. The number of benzene rings is 7. The average Bonchev–Trinajstić information content (AvgIpc) is 3.47. The minimum absolute atomic E-state index is 0.715. The second kappa shape index (κ2) is 9.37. The molecule has 0 spiro atoms. The summed E-state index contributed by atoms with van der Waals surface area (Å²) in [6, 6.07) is 50.7. The Kier molecular flexibility index (Phi) is 5.20. The molecule has 3 heteroatoms. The van der Waals surface area contributed by atoms with Gasteiger partial charge in [0.05, 0.1) is 11.4 Å². The second-order valence-electron chi connectivity index (χ2n) is 11.0. The lowest BCUT2D eigenvalue weighted by molar-refractivity contribution is 0.669. The molecule has 0 N–H and O–H groups in total. The van der Waals surface area contributed by atoms with Gasteiger partial charge in [-0.1, -0.05) is 115 Å². The minimum Gasteiger partial charge on any atom is -0.456 e. The quantitative estimate of drug-likeness (QED) is 0.206. The molecular weight excluding hydrogens is 524 g/mol. The van der Waals surface area contributed by atoms with E-state index in [9.17, 15) is 0 Å². The van der Waals surface area contributed by atoms with Crippen molar-refractivity contribution in [2.75, 3.05) is 0 Å². The Labute approximate surface area is 247 Å². The van der Waals surface area contributed by atoms with E-state index in [2.05, 4.69) is 97.1 Å². The van der Waals surface area contributed by atoms with Gasteiger partial charge in [0.1, 0.15) is 11.2 Å². The van der Waals surface area contributed by atoms with Gasteiger partial charge < -0.3 is 4.42 Å². The van der Waals surface area contributed by atoms with Gasteiger partial charge in [0.15, 0.2) is 5.82 Å². The lowest BCUT2D eigenvalue weighted by atomic mass is 9.90. The number of para-hydroxylation sites is 1. The zero-order valence-electron chi connectivity index (χ0n) is 23.2. The van der Waals surface area contributed by atoms with E-state index in [1.807, 2.05) is 48.5 Å². The van der Waals surface area contributed by atoms with Crippen molar-refractivity contribution in [3.05, 3.63) is 146 Å². The van der Waals surface area contributed by atoms with Crippen molar-refractivity contribution in [2.45, 2.75) is 0 Å². The lowest BCUT2D eigenvalue weighted by Crippen LogP contribution is -1.96. The number of hydrogen-bond acceptors (Lipinski definition) is 3.